The van der Waals surface area contributed by atoms with Crippen LogP contribution in [0.25, 0.3) is 0 Å². The van der Waals surface area contributed by atoms with Crippen LogP contribution in [0, 0.1) is 6.92 Å². The molecule has 0 spiro atoms. The Morgan fingerprint density at radius 1 is 1.24 bits per heavy atom. The molecule has 1 aromatic carbocycles. The zero-order valence-electron chi connectivity index (χ0n) is 17.5. The van der Waals surface area contributed by atoms with Gasteiger partial charge in [0, 0.05) is 29.2 Å². The number of nitrogens with two attached hydrogens (primary N) is 1. The molecule has 2 aromatic rings. The Morgan fingerprint density at radius 2 is 2.00 bits per heavy atom. The van der Waals surface area contributed by atoms with Crippen LogP contribution in [0.2, 0.25) is 0 Å². The van der Waals surface area contributed by atoms with Gasteiger partial charge in [-0.15, -0.1) is 0 Å². The van der Waals surface area contributed by atoms with Gasteiger partial charge in [-0.3, -0.25) is 0 Å². The molecule has 1 unspecified atom stereocenters. The van der Waals surface area contributed by atoms with E-state index in [0.29, 0.717) is 29.5 Å². The van der Waals surface area contributed by atoms with Gasteiger partial charge >= 0.3 is 5.97 Å². The van der Waals surface area contributed by atoms with E-state index in [2.05, 4.69) is 10.3 Å². The Bertz CT molecular complexity index is 969. The van der Waals surface area contributed by atoms with Crippen LogP contribution in [-0.2, 0) is 9.53 Å². The number of nitrogen functional groups attached to an aromatic ring is 1. The van der Waals surface area contributed by atoms with Crippen molar-refractivity contribution in [2.75, 3.05) is 31.4 Å². The molecule has 1 atom stereocenters. The Hall–Kier alpha value is -3.22. The number of hydrogen-bond donors (Lipinski definition) is 2. The normalized spacial score (nSPS) is 15.4. The minimum absolute atomic E-state index is 0.276. The zero-order chi connectivity index (χ0) is 21.1. The predicted molar refractivity (Wildman–Crippen MR) is 112 cm³/mol. The highest BCUT2D eigenvalue weighted by Gasteiger charge is 2.38. The van der Waals surface area contributed by atoms with Crippen molar-refractivity contribution in [2.24, 2.45) is 0 Å². The number of carbonyl (C=O) groups is 1. The third kappa shape index (κ3) is 3.72. The molecule has 0 saturated carbocycles. The van der Waals surface area contributed by atoms with Gasteiger partial charge in [0.1, 0.15) is 5.75 Å². The van der Waals surface area contributed by atoms with Gasteiger partial charge in [-0.2, -0.15) is 0 Å². The average Bonchev–Trinajstić information content (AvgIpc) is 2.69. The van der Waals surface area contributed by atoms with Crippen molar-refractivity contribution >= 4 is 17.3 Å². The van der Waals surface area contributed by atoms with Crippen molar-refractivity contribution in [1.82, 2.24) is 4.98 Å². The molecule has 7 nitrogen and oxygen atoms in total. The van der Waals surface area contributed by atoms with Gasteiger partial charge in [0.15, 0.2) is 0 Å². The SMILES string of the molecule is CCOC(=O)C1=C(C)Nc2c(C)cnc(OCC)c2C1c1ccc(N)cc1OC. The number of pyridine rings is 1. The second-order valence-corrected chi connectivity index (χ2v) is 6.79. The molecule has 3 rings (SSSR count). The maximum absolute atomic E-state index is 13.0. The highest BCUT2D eigenvalue weighted by Crippen LogP contribution is 2.49. The lowest BCUT2D eigenvalue weighted by Gasteiger charge is -2.32. The summed E-state index contributed by atoms with van der Waals surface area (Å²) in [6.07, 6.45) is 1.76. The van der Waals surface area contributed by atoms with Crippen LogP contribution in [0.1, 0.15) is 43.4 Å². The molecule has 7 heteroatoms. The van der Waals surface area contributed by atoms with E-state index in [-0.39, 0.29) is 6.61 Å². The number of carbonyl (C=O) groups excluding carboxylic acids is 1. The first-order valence-electron chi connectivity index (χ1n) is 9.63. The maximum atomic E-state index is 13.0. The summed E-state index contributed by atoms with van der Waals surface area (Å²) in [5, 5.41) is 3.36. The smallest absolute Gasteiger partial charge is 0.336 e. The Kier molecular flexibility index (Phi) is 5.96. The fourth-order valence-corrected chi connectivity index (χ4v) is 3.67. The van der Waals surface area contributed by atoms with E-state index in [4.69, 9.17) is 19.9 Å². The summed E-state index contributed by atoms with van der Waals surface area (Å²) in [7, 11) is 1.58. The first-order valence-corrected chi connectivity index (χ1v) is 9.63. The van der Waals surface area contributed by atoms with Gasteiger partial charge in [0.25, 0.3) is 0 Å². The molecule has 1 aromatic heterocycles. The summed E-state index contributed by atoms with van der Waals surface area (Å²) >= 11 is 0. The summed E-state index contributed by atoms with van der Waals surface area (Å²) < 4.78 is 16.8. The van der Waals surface area contributed by atoms with Crippen molar-refractivity contribution in [3.05, 3.63) is 52.4 Å². The molecule has 154 valence electrons. The Labute approximate surface area is 170 Å². The predicted octanol–water partition coefficient (Wildman–Crippen LogP) is 3.77. The van der Waals surface area contributed by atoms with E-state index in [1.54, 1.807) is 32.4 Å². The largest absolute Gasteiger partial charge is 0.496 e. The lowest BCUT2D eigenvalue weighted by molar-refractivity contribution is -0.138. The van der Waals surface area contributed by atoms with E-state index >= 15 is 0 Å². The molecule has 1 aliphatic rings. The number of methoxy groups -OCH3 is 1. The number of aromatic nitrogens is 1. The number of nitrogens with zero attached hydrogens (tertiary/aromatic N) is 1. The number of anilines is 2. The van der Waals surface area contributed by atoms with Gasteiger partial charge in [-0.05, 0) is 39.3 Å². The van der Waals surface area contributed by atoms with Crippen LogP contribution in [0.5, 0.6) is 11.6 Å². The first kappa shape index (κ1) is 20.5. The molecule has 0 fully saturated rings. The number of hydrogen-bond acceptors (Lipinski definition) is 7. The van der Waals surface area contributed by atoms with Crippen LogP contribution < -0.4 is 20.5 Å². The zero-order valence-corrected chi connectivity index (χ0v) is 17.5. The number of benzene rings is 1. The third-order valence-electron chi connectivity index (χ3n) is 4.91. The average molecular weight is 397 g/mol. The molecule has 29 heavy (non-hydrogen) atoms. The minimum atomic E-state index is -0.477. The van der Waals surface area contributed by atoms with Crippen molar-refractivity contribution in [3.63, 3.8) is 0 Å². The summed E-state index contributed by atoms with van der Waals surface area (Å²) in [5.41, 5.74) is 11.2. The molecule has 0 saturated heterocycles. The lowest BCUT2D eigenvalue weighted by atomic mass is 9.80. The Morgan fingerprint density at radius 3 is 2.66 bits per heavy atom. The molecule has 0 amide bonds. The van der Waals surface area contributed by atoms with E-state index in [0.717, 1.165) is 28.1 Å². The number of nitrogens with one attached hydrogen (secondary N) is 1. The van der Waals surface area contributed by atoms with E-state index < -0.39 is 11.9 Å². The number of rotatable bonds is 6. The number of ether oxygens (including phenoxy) is 3. The van der Waals surface area contributed by atoms with Gasteiger partial charge < -0.3 is 25.3 Å². The fraction of sp³-hybridized carbons (Fsp3) is 0.364. The number of aryl methyl sites for hydroxylation is 1. The maximum Gasteiger partial charge on any atom is 0.336 e. The van der Waals surface area contributed by atoms with Crippen LogP contribution >= 0.6 is 0 Å². The van der Waals surface area contributed by atoms with Gasteiger partial charge in [-0.1, -0.05) is 6.07 Å². The van der Waals surface area contributed by atoms with Crippen LogP contribution in [0.3, 0.4) is 0 Å². The second kappa shape index (κ2) is 8.43. The monoisotopic (exact) mass is 397 g/mol. The van der Waals surface area contributed by atoms with E-state index in [1.165, 1.54) is 0 Å². The molecular weight excluding hydrogens is 370 g/mol. The fourth-order valence-electron chi connectivity index (χ4n) is 3.67. The topological polar surface area (TPSA) is 95.7 Å². The summed E-state index contributed by atoms with van der Waals surface area (Å²) in [6.45, 7) is 8.25. The van der Waals surface area contributed by atoms with Gasteiger partial charge in [0.05, 0.1) is 43.1 Å². The third-order valence-corrected chi connectivity index (χ3v) is 4.91. The number of allylic oxidation sites excluding steroid dienone is 1. The standard InChI is InChI=1S/C22H27N3O4/c1-6-28-21-19-18(15-9-8-14(23)10-16(15)27-5)17(22(26)29-7-2)13(4)25-20(19)12(3)11-24-21/h8-11,18,25H,6-7,23H2,1-5H3. The number of esters is 1. The first-order chi connectivity index (χ1) is 13.9. The number of fused-ring (bicyclic) bond motifs is 1. The summed E-state index contributed by atoms with van der Waals surface area (Å²) in [6, 6.07) is 5.42. The van der Waals surface area contributed by atoms with Crippen molar-refractivity contribution in [1.29, 1.82) is 0 Å². The van der Waals surface area contributed by atoms with Gasteiger partial charge in [-0.25, -0.2) is 9.78 Å². The summed E-state index contributed by atoms with van der Waals surface area (Å²) in [4.78, 5) is 17.5. The van der Waals surface area contributed by atoms with Crippen LogP contribution in [0.15, 0.2) is 35.7 Å². The van der Waals surface area contributed by atoms with Crippen molar-refractivity contribution in [2.45, 2.75) is 33.6 Å². The molecule has 1 aliphatic heterocycles. The summed E-state index contributed by atoms with van der Waals surface area (Å²) in [5.74, 6) is 0.186. The van der Waals surface area contributed by atoms with Gasteiger partial charge in [0.2, 0.25) is 5.88 Å². The van der Waals surface area contributed by atoms with E-state index in [9.17, 15) is 4.79 Å². The molecular formula is C22H27N3O4. The highest BCUT2D eigenvalue weighted by molar-refractivity contribution is 5.95. The molecule has 0 aliphatic carbocycles. The van der Waals surface area contributed by atoms with Crippen molar-refractivity contribution < 1.29 is 19.0 Å². The molecule has 3 N–H and O–H groups in total. The van der Waals surface area contributed by atoms with Crippen LogP contribution in [-0.4, -0.2) is 31.3 Å². The Balaban J connectivity index is 2.34. The lowest BCUT2D eigenvalue weighted by Crippen LogP contribution is -2.26. The second-order valence-electron chi connectivity index (χ2n) is 6.79. The molecule has 2 heterocycles. The molecule has 0 bridgehead atoms. The van der Waals surface area contributed by atoms with Crippen LogP contribution in [0.4, 0.5) is 11.4 Å². The minimum Gasteiger partial charge on any atom is -0.496 e. The quantitative estimate of drug-likeness (QED) is 0.566. The van der Waals surface area contributed by atoms with E-state index in [1.807, 2.05) is 26.8 Å². The molecule has 0 radical (unpaired) electrons. The highest BCUT2D eigenvalue weighted by atomic mass is 16.5. The van der Waals surface area contributed by atoms with Crippen molar-refractivity contribution in [3.8, 4) is 11.6 Å².